The Hall–Kier alpha value is -0.120. The van der Waals surface area contributed by atoms with Crippen molar-refractivity contribution in [1.82, 2.24) is 5.32 Å². The molecule has 0 aromatic heterocycles. The molecule has 14 heavy (non-hydrogen) atoms. The average Bonchev–Trinajstić information content (AvgIpc) is 2.28. The molecule has 82 valence electrons. The predicted octanol–water partition coefficient (Wildman–Crippen LogP) is 1.32. The molecule has 0 aromatic rings. The molecule has 2 atom stereocenters. The van der Waals surface area contributed by atoms with Crippen LogP contribution in [0.5, 0.6) is 0 Å². The lowest BCUT2D eigenvalue weighted by Gasteiger charge is -2.47. The molecule has 2 rings (SSSR count). The van der Waals surface area contributed by atoms with E-state index < -0.39 is 0 Å². The summed E-state index contributed by atoms with van der Waals surface area (Å²) >= 11 is 0. The Morgan fingerprint density at radius 1 is 1.36 bits per heavy atom. The first kappa shape index (κ1) is 10.4. The van der Waals surface area contributed by atoms with E-state index in [-0.39, 0.29) is 5.54 Å². The first-order valence-corrected chi connectivity index (χ1v) is 5.77. The molecule has 0 saturated carbocycles. The zero-order valence-corrected chi connectivity index (χ0v) is 9.21. The van der Waals surface area contributed by atoms with E-state index in [4.69, 9.17) is 9.47 Å². The zero-order chi connectivity index (χ0) is 10.0. The van der Waals surface area contributed by atoms with Crippen LogP contribution in [0.15, 0.2) is 0 Å². The van der Waals surface area contributed by atoms with Gasteiger partial charge in [0.2, 0.25) is 0 Å². The van der Waals surface area contributed by atoms with Crippen molar-refractivity contribution >= 4 is 0 Å². The van der Waals surface area contributed by atoms with Gasteiger partial charge in [-0.3, -0.25) is 0 Å². The number of hydrogen-bond donors (Lipinski definition) is 1. The normalized spacial score (nSPS) is 36.4. The van der Waals surface area contributed by atoms with Crippen molar-refractivity contribution in [3.8, 4) is 0 Å². The van der Waals surface area contributed by atoms with E-state index in [1.165, 1.54) is 0 Å². The Balaban J connectivity index is 2.01. The number of nitrogens with one attached hydrogen (secondary N) is 1. The van der Waals surface area contributed by atoms with Crippen molar-refractivity contribution in [3.05, 3.63) is 0 Å². The van der Waals surface area contributed by atoms with Crippen molar-refractivity contribution in [2.45, 2.75) is 50.8 Å². The third-order valence-corrected chi connectivity index (χ3v) is 3.71. The van der Waals surface area contributed by atoms with Crippen LogP contribution in [0.25, 0.3) is 0 Å². The fourth-order valence-electron chi connectivity index (χ4n) is 2.41. The Morgan fingerprint density at radius 2 is 2.14 bits per heavy atom. The Kier molecular flexibility index (Phi) is 3.10. The van der Waals surface area contributed by atoms with E-state index in [0.717, 1.165) is 39.1 Å². The maximum absolute atomic E-state index is 5.94. The first-order chi connectivity index (χ1) is 6.79. The lowest BCUT2D eigenvalue weighted by atomic mass is 9.89. The second kappa shape index (κ2) is 4.17. The number of morpholine rings is 1. The van der Waals surface area contributed by atoms with Gasteiger partial charge >= 0.3 is 0 Å². The molecular weight excluding hydrogens is 178 g/mol. The minimum atomic E-state index is 0.196. The van der Waals surface area contributed by atoms with Crippen LogP contribution < -0.4 is 5.32 Å². The van der Waals surface area contributed by atoms with Gasteiger partial charge in [-0.05, 0) is 19.3 Å². The van der Waals surface area contributed by atoms with Crippen molar-refractivity contribution in [1.29, 1.82) is 0 Å². The molecule has 3 nitrogen and oxygen atoms in total. The van der Waals surface area contributed by atoms with Crippen LogP contribution in [-0.4, -0.2) is 37.5 Å². The van der Waals surface area contributed by atoms with Gasteiger partial charge in [-0.1, -0.05) is 13.8 Å². The lowest BCUT2D eigenvalue weighted by molar-refractivity contribution is -0.118. The largest absolute Gasteiger partial charge is 0.380 e. The van der Waals surface area contributed by atoms with Crippen LogP contribution in [0.2, 0.25) is 0 Å². The highest BCUT2D eigenvalue weighted by molar-refractivity contribution is 4.96. The standard InChI is InChI=1S/C11H21NO2/c1-3-11(4-2)8-14-10-5-6-13-7-9(10)12-11/h9-10,12H,3-8H2,1-2H3. The molecule has 0 spiro atoms. The van der Waals surface area contributed by atoms with Gasteiger partial charge < -0.3 is 14.8 Å². The van der Waals surface area contributed by atoms with Crippen LogP contribution in [0.1, 0.15) is 33.1 Å². The summed E-state index contributed by atoms with van der Waals surface area (Å²) < 4.78 is 11.4. The van der Waals surface area contributed by atoms with Gasteiger partial charge in [-0.2, -0.15) is 0 Å². The van der Waals surface area contributed by atoms with Crippen molar-refractivity contribution in [2.24, 2.45) is 0 Å². The second-order valence-electron chi connectivity index (χ2n) is 4.45. The van der Waals surface area contributed by atoms with Crippen molar-refractivity contribution in [3.63, 3.8) is 0 Å². The smallest absolute Gasteiger partial charge is 0.0773 e. The van der Waals surface area contributed by atoms with E-state index in [2.05, 4.69) is 19.2 Å². The molecule has 0 radical (unpaired) electrons. The SMILES string of the molecule is CCC1(CC)COC2CCOCC2N1. The van der Waals surface area contributed by atoms with Gasteiger partial charge in [-0.15, -0.1) is 0 Å². The number of ether oxygens (including phenoxy) is 2. The second-order valence-corrected chi connectivity index (χ2v) is 4.45. The van der Waals surface area contributed by atoms with E-state index in [1.807, 2.05) is 0 Å². The van der Waals surface area contributed by atoms with Crippen LogP contribution in [0.3, 0.4) is 0 Å². The molecule has 1 N–H and O–H groups in total. The Bertz CT molecular complexity index is 192. The van der Waals surface area contributed by atoms with Crippen LogP contribution in [0, 0.1) is 0 Å². The molecular formula is C11H21NO2. The van der Waals surface area contributed by atoms with Gasteiger partial charge in [0.05, 0.1) is 25.4 Å². The summed E-state index contributed by atoms with van der Waals surface area (Å²) in [7, 11) is 0. The average molecular weight is 199 g/mol. The van der Waals surface area contributed by atoms with Crippen LogP contribution in [-0.2, 0) is 9.47 Å². The molecule has 2 aliphatic rings. The first-order valence-electron chi connectivity index (χ1n) is 5.77. The number of fused-ring (bicyclic) bond motifs is 1. The van der Waals surface area contributed by atoms with Crippen LogP contribution in [0.4, 0.5) is 0 Å². The van der Waals surface area contributed by atoms with E-state index in [0.29, 0.717) is 12.1 Å². The highest BCUT2D eigenvalue weighted by Crippen LogP contribution is 2.26. The highest BCUT2D eigenvalue weighted by atomic mass is 16.5. The maximum Gasteiger partial charge on any atom is 0.0773 e. The van der Waals surface area contributed by atoms with Crippen molar-refractivity contribution < 1.29 is 9.47 Å². The molecule has 3 heteroatoms. The molecule has 2 saturated heterocycles. The summed E-state index contributed by atoms with van der Waals surface area (Å²) in [6.07, 6.45) is 3.69. The van der Waals surface area contributed by atoms with Crippen molar-refractivity contribution in [2.75, 3.05) is 19.8 Å². The Labute approximate surface area is 86.2 Å². The van der Waals surface area contributed by atoms with Gasteiger partial charge in [-0.25, -0.2) is 0 Å². The number of hydrogen-bond acceptors (Lipinski definition) is 3. The monoisotopic (exact) mass is 199 g/mol. The third-order valence-electron chi connectivity index (χ3n) is 3.71. The summed E-state index contributed by atoms with van der Waals surface area (Å²) in [5, 5.41) is 3.72. The quantitative estimate of drug-likeness (QED) is 0.727. The van der Waals surface area contributed by atoms with E-state index in [1.54, 1.807) is 0 Å². The zero-order valence-electron chi connectivity index (χ0n) is 9.21. The minimum absolute atomic E-state index is 0.196. The van der Waals surface area contributed by atoms with Gasteiger partial charge in [0.25, 0.3) is 0 Å². The highest BCUT2D eigenvalue weighted by Gasteiger charge is 2.39. The van der Waals surface area contributed by atoms with Gasteiger partial charge in [0.15, 0.2) is 0 Å². The fraction of sp³-hybridized carbons (Fsp3) is 1.00. The maximum atomic E-state index is 5.94. The third kappa shape index (κ3) is 1.81. The molecule has 2 heterocycles. The van der Waals surface area contributed by atoms with Gasteiger partial charge in [0, 0.05) is 12.1 Å². The van der Waals surface area contributed by atoms with E-state index >= 15 is 0 Å². The topological polar surface area (TPSA) is 30.5 Å². The molecule has 0 bridgehead atoms. The molecule has 2 fully saturated rings. The summed E-state index contributed by atoms with van der Waals surface area (Å²) in [5.41, 5.74) is 0.196. The summed E-state index contributed by atoms with van der Waals surface area (Å²) in [6.45, 7) is 6.98. The summed E-state index contributed by atoms with van der Waals surface area (Å²) in [5.74, 6) is 0. The summed E-state index contributed by atoms with van der Waals surface area (Å²) in [4.78, 5) is 0. The molecule has 2 aliphatic heterocycles. The summed E-state index contributed by atoms with van der Waals surface area (Å²) in [6, 6.07) is 0.414. The van der Waals surface area contributed by atoms with Gasteiger partial charge in [0.1, 0.15) is 0 Å². The molecule has 2 unspecified atom stereocenters. The molecule has 0 aliphatic carbocycles. The number of rotatable bonds is 2. The molecule has 0 amide bonds. The predicted molar refractivity (Wildman–Crippen MR) is 55.4 cm³/mol. The minimum Gasteiger partial charge on any atom is -0.380 e. The lowest BCUT2D eigenvalue weighted by Crippen LogP contribution is -2.64. The van der Waals surface area contributed by atoms with E-state index in [9.17, 15) is 0 Å². The molecule has 0 aromatic carbocycles. The Morgan fingerprint density at radius 3 is 2.86 bits per heavy atom. The van der Waals surface area contributed by atoms with Crippen LogP contribution >= 0.6 is 0 Å². The fourth-order valence-corrected chi connectivity index (χ4v) is 2.41.